The summed E-state index contributed by atoms with van der Waals surface area (Å²) in [7, 11) is -0.194. The fraction of sp³-hybridized carbons (Fsp3) is 0.235. The standard InChI is InChI=1S/C17H16O4/c1-19-15-8-7-13-9-16(18)20-11-14(13)17(15)21-10-12-5-3-2-4-6-12/h2-8H,9-11H2,1H3/i1D. The van der Waals surface area contributed by atoms with E-state index in [1.165, 1.54) is 0 Å². The first kappa shape index (κ1) is 12.3. The normalized spacial score (nSPS) is 13.9. The average molecular weight is 285 g/mol. The molecule has 2 aromatic carbocycles. The summed E-state index contributed by atoms with van der Waals surface area (Å²) in [6.45, 7) is 0.563. The summed E-state index contributed by atoms with van der Waals surface area (Å²) in [5, 5.41) is 0. The summed E-state index contributed by atoms with van der Waals surface area (Å²) >= 11 is 0. The van der Waals surface area contributed by atoms with Gasteiger partial charge in [-0.3, -0.25) is 4.79 Å². The molecule has 0 atom stereocenters. The molecule has 1 heterocycles. The molecule has 0 amide bonds. The highest BCUT2D eigenvalue weighted by Gasteiger charge is 2.23. The van der Waals surface area contributed by atoms with Crippen LogP contribution in [0.2, 0.25) is 0 Å². The fourth-order valence-electron chi connectivity index (χ4n) is 2.33. The Kier molecular flexibility index (Phi) is 3.43. The summed E-state index contributed by atoms with van der Waals surface area (Å²) in [6.07, 6.45) is 0.234. The summed E-state index contributed by atoms with van der Waals surface area (Å²) in [5.74, 6) is 0.819. The molecule has 0 unspecified atom stereocenters. The zero-order valence-corrected chi connectivity index (χ0v) is 11.5. The van der Waals surface area contributed by atoms with E-state index in [1.54, 1.807) is 6.07 Å². The van der Waals surface area contributed by atoms with E-state index in [9.17, 15) is 4.79 Å². The molecule has 0 aromatic heterocycles. The number of esters is 1. The Morgan fingerprint density at radius 1 is 1.24 bits per heavy atom. The van der Waals surface area contributed by atoms with Crippen LogP contribution in [0, 0.1) is 0 Å². The number of rotatable bonds is 4. The molecule has 21 heavy (non-hydrogen) atoms. The second-order valence-corrected chi connectivity index (χ2v) is 4.79. The summed E-state index contributed by atoms with van der Waals surface area (Å²) in [4.78, 5) is 11.4. The van der Waals surface area contributed by atoms with Crippen LogP contribution in [0.1, 0.15) is 18.1 Å². The molecule has 0 radical (unpaired) electrons. The fourth-order valence-corrected chi connectivity index (χ4v) is 2.33. The molecule has 0 saturated heterocycles. The highest BCUT2D eigenvalue weighted by molar-refractivity contribution is 5.76. The minimum absolute atomic E-state index is 0.174. The summed E-state index contributed by atoms with van der Waals surface area (Å²) in [6, 6.07) is 13.4. The van der Waals surface area contributed by atoms with Crippen molar-refractivity contribution < 1.29 is 20.4 Å². The van der Waals surface area contributed by atoms with E-state index in [2.05, 4.69) is 0 Å². The molecular weight excluding hydrogens is 268 g/mol. The van der Waals surface area contributed by atoms with Gasteiger partial charge in [-0.25, -0.2) is 0 Å². The van der Waals surface area contributed by atoms with Crippen molar-refractivity contribution in [2.75, 3.05) is 7.09 Å². The van der Waals surface area contributed by atoms with Crippen molar-refractivity contribution in [2.45, 2.75) is 19.6 Å². The topological polar surface area (TPSA) is 44.8 Å². The number of carbonyl (C=O) groups is 1. The number of ether oxygens (including phenoxy) is 3. The zero-order chi connectivity index (χ0) is 15.4. The Hall–Kier alpha value is -2.49. The van der Waals surface area contributed by atoms with Crippen molar-refractivity contribution in [3.05, 3.63) is 59.2 Å². The first-order valence-corrected chi connectivity index (χ1v) is 6.67. The van der Waals surface area contributed by atoms with Gasteiger partial charge in [0.25, 0.3) is 0 Å². The van der Waals surface area contributed by atoms with Gasteiger partial charge in [-0.1, -0.05) is 36.4 Å². The van der Waals surface area contributed by atoms with Gasteiger partial charge < -0.3 is 14.2 Å². The first-order valence-electron chi connectivity index (χ1n) is 7.38. The third-order valence-electron chi connectivity index (χ3n) is 3.42. The Morgan fingerprint density at radius 2 is 2.10 bits per heavy atom. The zero-order valence-electron chi connectivity index (χ0n) is 12.5. The molecule has 0 spiro atoms. The van der Waals surface area contributed by atoms with Gasteiger partial charge in [0.15, 0.2) is 11.5 Å². The van der Waals surface area contributed by atoms with Gasteiger partial charge in [0.1, 0.15) is 13.2 Å². The molecule has 0 aliphatic carbocycles. The van der Waals surface area contributed by atoms with Crippen LogP contribution in [-0.2, 0) is 29.2 Å². The maximum absolute atomic E-state index is 11.4. The Bertz CT molecular complexity index is 670. The molecule has 0 fully saturated rings. The lowest BCUT2D eigenvalue weighted by molar-refractivity contribution is -0.145. The lowest BCUT2D eigenvalue weighted by Gasteiger charge is -2.21. The Balaban J connectivity index is 1.89. The number of hydrogen-bond donors (Lipinski definition) is 0. The predicted octanol–water partition coefficient (Wildman–Crippen LogP) is 2.87. The van der Waals surface area contributed by atoms with Gasteiger partial charge in [-0.05, 0) is 17.2 Å². The third kappa shape index (κ3) is 2.84. The largest absolute Gasteiger partial charge is 0.493 e. The van der Waals surface area contributed by atoms with Crippen LogP contribution in [0.3, 0.4) is 0 Å². The number of benzene rings is 2. The molecular formula is C17H16O4. The minimum Gasteiger partial charge on any atom is -0.493 e. The molecule has 2 aromatic rings. The van der Waals surface area contributed by atoms with E-state index in [4.69, 9.17) is 15.6 Å². The van der Waals surface area contributed by atoms with Crippen LogP contribution in [0.5, 0.6) is 11.5 Å². The van der Waals surface area contributed by atoms with Gasteiger partial charge in [0, 0.05) is 5.56 Å². The van der Waals surface area contributed by atoms with Crippen molar-refractivity contribution in [3.8, 4) is 11.5 Å². The van der Waals surface area contributed by atoms with Crippen LogP contribution in [0.25, 0.3) is 0 Å². The van der Waals surface area contributed by atoms with Crippen molar-refractivity contribution in [2.24, 2.45) is 0 Å². The van der Waals surface area contributed by atoms with Gasteiger partial charge in [0.2, 0.25) is 0 Å². The Morgan fingerprint density at radius 3 is 2.90 bits per heavy atom. The lowest BCUT2D eigenvalue weighted by atomic mass is 10.0. The molecule has 1 aliphatic rings. The molecule has 0 saturated carbocycles. The van der Waals surface area contributed by atoms with Crippen LogP contribution in [-0.4, -0.2) is 13.1 Å². The van der Waals surface area contributed by atoms with Crippen molar-refractivity contribution in [1.82, 2.24) is 0 Å². The quantitative estimate of drug-likeness (QED) is 0.810. The second-order valence-electron chi connectivity index (χ2n) is 4.79. The van der Waals surface area contributed by atoms with Crippen LogP contribution in [0.15, 0.2) is 42.5 Å². The van der Waals surface area contributed by atoms with Crippen molar-refractivity contribution in [3.63, 3.8) is 0 Å². The van der Waals surface area contributed by atoms with E-state index in [0.717, 1.165) is 16.7 Å². The molecule has 0 bridgehead atoms. The smallest absolute Gasteiger partial charge is 0.310 e. The molecule has 4 nitrogen and oxygen atoms in total. The van der Waals surface area contributed by atoms with Gasteiger partial charge in [-0.15, -0.1) is 0 Å². The number of methoxy groups -OCH3 is 1. The summed E-state index contributed by atoms with van der Waals surface area (Å²) < 4.78 is 23.6. The van der Waals surface area contributed by atoms with Crippen LogP contribution in [0.4, 0.5) is 0 Å². The maximum atomic E-state index is 11.4. The number of fused-ring (bicyclic) bond motifs is 1. The highest BCUT2D eigenvalue weighted by atomic mass is 16.5. The highest BCUT2D eigenvalue weighted by Crippen LogP contribution is 2.36. The van der Waals surface area contributed by atoms with Crippen LogP contribution < -0.4 is 9.47 Å². The van der Waals surface area contributed by atoms with E-state index in [1.807, 2.05) is 36.4 Å². The van der Waals surface area contributed by atoms with Gasteiger partial charge in [-0.2, -0.15) is 0 Å². The average Bonchev–Trinajstić information content (AvgIpc) is 2.55. The van der Waals surface area contributed by atoms with Crippen molar-refractivity contribution in [1.29, 1.82) is 0 Å². The number of hydrogen-bond acceptors (Lipinski definition) is 4. The van der Waals surface area contributed by atoms with Gasteiger partial charge in [0.05, 0.1) is 14.9 Å². The Labute approximate surface area is 124 Å². The van der Waals surface area contributed by atoms with Crippen LogP contribution >= 0.6 is 0 Å². The molecule has 0 N–H and O–H groups in total. The monoisotopic (exact) mass is 285 g/mol. The SMILES string of the molecule is [2H]COc1ccc2c(c1OCc1ccccc1)COC(=O)C2. The molecule has 1 aliphatic heterocycles. The van der Waals surface area contributed by atoms with Crippen molar-refractivity contribution >= 4 is 5.97 Å². The van der Waals surface area contributed by atoms with Gasteiger partial charge >= 0.3 is 5.97 Å². The molecule has 4 heteroatoms. The minimum atomic E-state index is -0.240. The van der Waals surface area contributed by atoms with E-state index in [0.29, 0.717) is 18.1 Å². The predicted molar refractivity (Wildman–Crippen MR) is 77.3 cm³/mol. The first-order chi connectivity index (χ1) is 10.8. The maximum Gasteiger partial charge on any atom is 0.310 e. The van der Waals surface area contributed by atoms with E-state index >= 15 is 0 Å². The van der Waals surface area contributed by atoms with E-state index in [-0.39, 0.29) is 26.1 Å². The van der Waals surface area contributed by atoms with E-state index < -0.39 is 0 Å². The number of cyclic esters (lactones) is 1. The third-order valence-corrected chi connectivity index (χ3v) is 3.42. The molecule has 108 valence electrons. The number of carbonyl (C=O) groups excluding carboxylic acids is 1. The summed E-state index contributed by atoms with van der Waals surface area (Å²) in [5.41, 5.74) is 2.74. The molecule has 3 rings (SSSR count). The lowest BCUT2D eigenvalue weighted by Crippen LogP contribution is -2.17. The second kappa shape index (κ2) is 5.87.